The van der Waals surface area contributed by atoms with E-state index in [0.29, 0.717) is 6.61 Å². The molecule has 1 aromatic heterocycles. The van der Waals surface area contributed by atoms with Crippen molar-refractivity contribution in [2.45, 2.75) is 20.1 Å². The Morgan fingerprint density at radius 3 is 2.36 bits per heavy atom. The average Bonchev–Trinajstić information content (AvgIpc) is 3.06. The van der Waals surface area contributed by atoms with E-state index in [4.69, 9.17) is 4.74 Å². The summed E-state index contributed by atoms with van der Waals surface area (Å²) in [6.45, 7) is 3.57. The fraction of sp³-hybridized carbons (Fsp3) is 0.130. The normalized spacial score (nSPS) is 10.9. The van der Waals surface area contributed by atoms with Crippen molar-refractivity contribution in [2.24, 2.45) is 0 Å². The Labute approximate surface area is 148 Å². The van der Waals surface area contributed by atoms with Crippen LogP contribution < -0.4 is 4.74 Å². The molecular formula is C23H21NO. The number of nitrogens with zero attached hydrogens (tertiary/aromatic N) is 1. The summed E-state index contributed by atoms with van der Waals surface area (Å²) in [5.74, 6) is 0.934. The Kier molecular flexibility index (Phi) is 4.26. The minimum absolute atomic E-state index is 0.586. The first-order valence-corrected chi connectivity index (χ1v) is 8.60. The van der Waals surface area contributed by atoms with Gasteiger partial charge in [-0.2, -0.15) is 0 Å². The molecule has 0 saturated carbocycles. The number of hydrogen-bond donors (Lipinski definition) is 0. The third-order valence-corrected chi connectivity index (χ3v) is 4.48. The van der Waals surface area contributed by atoms with Crippen molar-refractivity contribution in [3.05, 3.63) is 102 Å². The van der Waals surface area contributed by atoms with E-state index < -0.39 is 0 Å². The highest BCUT2D eigenvalue weighted by molar-refractivity contribution is 5.86. The van der Waals surface area contributed by atoms with Gasteiger partial charge in [0.1, 0.15) is 12.4 Å². The number of fused-ring (bicyclic) bond motifs is 1. The quantitative estimate of drug-likeness (QED) is 0.467. The van der Waals surface area contributed by atoms with Crippen LogP contribution in [0.1, 0.15) is 16.7 Å². The lowest BCUT2D eigenvalue weighted by atomic mass is 10.1. The van der Waals surface area contributed by atoms with Gasteiger partial charge in [0.25, 0.3) is 0 Å². The highest BCUT2D eigenvalue weighted by Crippen LogP contribution is 2.28. The van der Waals surface area contributed by atoms with Crippen LogP contribution in [0.25, 0.3) is 10.9 Å². The summed E-state index contributed by atoms with van der Waals surface area (Å²) < 4.78 is 8.34. The fourth-order valence-corrected chi connectivity index (χ4v) is 3.08. The van der Waals surface area contributed by atoms with E-state index >= 15 is 0 Å². The molecule has 0 aliphatic carbocycles. The second-order valence-corrected chi connectivity index (χ2v) is 6.39. The maximum atomic E-state index is 6.07. The van der Waals surface area contributed by atoms with Gasteiger partial charge >= 0.3 is 0 Å². The van der Waals surface area contributed by atoms with Crippen molar-refractivity contribution in [3.63, 3.8) is 0 Å². The lowest BCUT2D eigenvalue weighted by Gasteiger charge is -2.09. The van der Waals surface area contributed by atoms with Crippen LogP contribution in [0.15, 0.2) is 85.1 Å². The molecule has 0 atom stereocenters. The van der Waals surface area contributed by atoms with E-state index in [2.05, 4.69) is 72.3 Å². The largest absolute Gasteiger partial charge is 0.488 e. The Balaban J connectivity index is 1.58. The second-order valence-electron chi connectivity index (χ2n) is 6.39. The van der Waals surface area contributed by atoms with Crippen molar-refractivity contribution in [2.75, 3.05) is 0 Å². The molecule has 0 aliphatic heterocycles. The predicted molar refractivity (Wildman–Crippen MR) is 103 cm³/mol. The van der Waals surface area contributed by atoms with Crippen LogP contribution in [-0.4, -0.2) is 4.57 Å². The molecule has 0 aliphatic rings. The molecule has 0 spiro atoms. The van der Waals surface area contributed by atoms with Gasteiger partial charge in [-0.25, -0.2) is 0 Å². The van der Waals surface area contributed by atoms with Crippen molar-refractivity contribution >= 4 is 10.9 Å². The maximum Gasteiger partial charge on any atom is 0.129 e. The molecule has 0 saturated heterocycles. The van der Waals surface area contributed by atoms with Gasteiger partial charge in [-0.1, -0.05) is 66.2 Å². The minimum Gasteiger partial charge on any atom is -0.488 e. The smallest absolute Gasteiger partial charge is 0.129 e. The molecule has 0 amide bonds. The van der Waals surface area contributed by atoms with Crippen LogP contribution in [0.4, 0.5) is 0 Å². The molecule has 124 valence electrons. The molecule has 0 fully saturated rings. The minimum atomic E-state index is 0.586. The molecule has 2 nitrogen and oxygen atoms in total. The van der Waals surface area contributed by atoms with Gasteiger partial charge in [-0.3, -0.25) is 0 Å². The lowest BCUT2D eigenvalue weighted by molar-refractivity contribution is 0.310. The van der Waals surface area contributed by atoms with E-state index in [1.54, 1.807) is 0 Å². The van der Waals surface area contributed by atoms with Gasteiger partial charge in [-0.05, 0) is 36.2 Å². The fourth-order valence-electron chi connectivity index (χ4n) is 3.08. The third-order valence-electron chi connectivity index (χ3n) is 4.48. The molecular weight excluding hydrogens is 306 g/mol. The van der Waals surface area contributed by atoms with Gasteiger partial charge in [0.15, 0.2) is 0 Å². The summed E-state index contributed by atoms with van der Waals surface area (Å²) in [7, 11) is 0. The lowest BCUT2D eigenvalue weighted by Crippen LogP contribution is -1.98. The van der Waals surface area contributed by atoms with E-state index in [1.807, 2.05) is 24.3 Å². The molecule has 4 aromatic rings. The first kappa shape index (κ1) is 15.5. The standard InChI is InChI=1S/C23H21NO/c1-18-10-12-19(13-11-18)16-24-15-14-21-22(24)8-5-9-23(21)25-17-20-6-3-2-4-7-20/h2-15H,16-17H2,1H3. The molecule has 1 heterocycles. The van der Waals surface area contributed by atoms with Gasteiger partial charge < -0.3 is 9.30 Å². The molecule has 25 heavy (non-hydrogen) atoms. The zero-order valence-corrected chi connectivity index (χ0v) is 14.4. The summed E-state index contributed by atoms with van der Waals surface area (Å²) in [6, 6.07) is 27.4. The Bertz CT molecular complexity index is 968. The predicted octanol–water partition coefficient (Wildman–Crippen LogP) is 5.58. The summed E-state index contributed by atoms with van der Waals surface area (Å²) in [6.07, 6.45) is 2.14. The van der Waals surface area contributed by atoms with Gasteiger partial charge in [0.2, 0.25) is 0 Å². The zero-order chi connectivity index (χ0) is 17.1. The first-order chi connectivity index (χ1) is 12.3. The van der Waals surface area contributed by atoms with Gasteiger partial charge in [0.05, 0.1) is 5.52 Å². The maximum absolute atomic E-state index is 6.07. The van der Waals surface area contributed by atoms with Crippen LogP contribution in [-0.2, 0) is 13.2 Å². The van der Waals surface area contributed by atoms with Crippen molar-refractivity contribution in [1.82, 2.24) is 4.57 Å². The number of ether oxygens (including phenoxy) is 1. The van der Waals surface area contributed by atoms with Crippen LogP contribution in [0, 0.1) is 6.92 Å². The van der Waals surface area contributed by atoms with Crippen molar-refractivity contribution in [1.29, 1.82) is 0 Å². The molecule has 3 aromatic carbocycles. The number of hydrogen-bond acceptors (Lipinski definition) is 1. The van der Waals surface area contributed by atoms with Crippen LogP contribution in [0.3, 0.4) is 0 Å². The molecule has 2 heteroatoms. The monoisotopic (exact) mass is 327 g/mol. The van der Waals surface area contributed by atoms with Gasteiger partial charge in [0, 0.05) is 18.1 Å². The summed E-state index contributed by atoms with van der Waals surface area (Å²) >= 11 is 0. The zero-order valence-electron chi connectivity index (χ0n) is 14.4. The third kappa shape index (κ3) is 3.43. The van der Waals surface area contributed by atoms with E-state index in [1.165, 1.54) is 22.2 Å². The van der Waals surface area contributed by atoms with Crippen molar-refractivity contribution in [3.8, 4) is 5.75 Å². The van der Waals surface area contributed by atoms with Crippen LogP contribution >= 0.6 is 0 Å². The molecule has 0 unspecified atom stereocenters. The SMILES string of the molecule is Cc1ccc(Cn2ccc3c(OCc4ccccc4)cccc32)cc1. The number of rotatable bonds is 5. The molecule has 0 bridgehead atoms. The van der Waals surface area contributed by atoms with E-state index in [0.717, 1.165) is 17.7 Å². The van der Waals surface area contributed by atoms with Gasteiger partial charge in [-0.15, -0.1) is 0 Å². The highest BCUT2D eigenvalue weighted by Gasteiger charge is 2.07. The highest BCUT2D eigenvalue weighted by atomic mass is 16.5. The van der Waals surface area contributed by atoms with Crippen molar-refractivity contribution < 1.29 is 4.74 Å². The average molecular weight is 327 g/mol. The Morgan fingerprint density at radius 2 is 1.56 bits per heavy atom. The summed E-state index contributed by atoms with van der Waals surface area (Å²) in [4.78, 5) is 0. The van der Waals surface area contributed by atoms with Crippen LogP contribution in [0.2, 0.25) is 0 Å². The molecule has 4 rings (SSSR count). The van der Waals surface area contributed by atoms with E-state index in [-0.39, 0.29) is 0 Å². The first-order valence-electron chi connectivity index (χ1n) is 8.60. The topological polar surface area (TPSA) is 14.2 Å². The number of benzene rings is 3. The van der Waals surface area contributed by atoms with E-state index in [9.17, 15) is 0 Å². The Morgan fingerprint density at radius 1 is 0.760 bits per heavy atom. The number of aromatic nitrogens is 1. The molecule has 0 N–H and O–H groups in total. The summed E-state index contributed by atoms with van der Waals surface area (Å²) in [5, 5.41) is 1.16. The second kappa shape index (κ2) is 6.86. The number of aryl methyl sites for hydroxylation is 1. The Hall–Kier alpha value is -3.00. The van der Waals surface area contributed by atoms with Crippen LogP contribution in [0.5, 0.6) is 5.75 Å². The summed E-state index contributed by atoms with van der Waals surface area (Å²) in [5.41, 5.74) is 4.97. The molecule has 0 radical (unpaired) electrons.